The number of benzene rings is 2. The molecule has 0 saturated carbocycles. The van der Waals surface area contributed by atoms with Gasteiger partial charge in [-0.05, 0) is 37.1 Å². The van der Waals surface area contributed by atoms with E-state index < -0.39 is 0 Å². The first-order chi connectivity index (χ1) is 12.9. The Morgan fingerprint density at radius 2 is 1.93 bits per heavy atom. The molecule has 0 N–H and O–H groups in total. The molecule has 1 amide bonds. The van der Waals surface area contributed by atoms with Crippen molar-refractivity contribution in [2.24, 2.45) is 0 Å². The third-order valence-corrected chi connectivity index (χ3v) is 5.58. The van der Waals surface area contributed by atoms with E-state index in [1.165, 1.54) is 17.3 Å². The summed E-state index contributed by atoms with van der Waals surface area (Å²) in [5.74, 6) is 0.331. The Labute approximate surface area is 168 Å². The molecule has 7 heteroatoms. The second-order valence-corrected chi connectivity index (χ2v) is 7.79. The summed E-state index contributed by atoms with van der Waals surface area (Å²) in [6.45, 7) is 4.59. The molecule has 27 heavy (non-hydrogen) atoms. The van der Waals surface area contributed by atoms with E-state index >= 15 is 0 Å². The quantitative estimate of drug-likeness (QED) is 0.579. The van der Waals surface area contributed by atoms with Gasteiger partial charge in [-0.3, -0.25) is 9.36 Å². The van der Waals surface area contributed by atoms with Gasteiger partial charge in [0.15, 0.2) is 5.16 Å². The number of carbonyl (C=O) groups is 1. The number of thioether (sulfide) groups is 1. The van der Waals surface area contributed by atoms with Crippen molar-refractivity contribution in [3.63, 3.8) is 0 Å². The Balaban J connectivity index is 1.63. The van der Waals surface area contributed by atoms with Gasteiger partial charge in [-0.25, -0.2) is 0 Å². The van der Waals surface area contributed by atoms with Crippen LogP contribution in [0.5, 0.6) is 0 Å². The second kappa shape index (κ2) is 8.59. The van der Waals surface area contributed by atoms with Gasteiger partial charge in [0.05, 0.1) is 11.4 Å². The molecule has 0 aliphatic heterocycles. The average Bonchev–Trinajstić information content (AvgIpc) is 3.12. The Morgan fingerprint density at radius 3 is 2.63 bits per heavy atom. The molecule has 0 spiro atoms. The number of nitrogens with zero attached hydrogens (tertiary/aromatic N) is 4. The van der Waals surface area contributed by atoms with E-state index in [-0.39, 0.29) is 5.91 Å². The van der Waals surface area contributed by atoms with Crippen LogP contribution < -0.4 is 0 Å². The van der Waals surface area contributed by atoms with Crippen LogP contribution in [-0.2, 0) is 11.3 Å². The first kappa shape index (κ1) is 19.5. The molecular formula is C20H21ClN4OS. The molecule has 0 unspecified atom stereocenters. The van der Waals surface area contributed by atoms with Crippen LogP contribution in [0.3, 0.4) is 0 Å². The first-order valence-electron chi connectivity index (χ1n) is 8.53. The van der Waals surface area contributed by atoms with Crippen molar-refractivity contribution >= 4 is 29.3 Å². The van der Waals surface area contributed by atoms with Crippen LogP contribution in [0.15, 0.2) is 53.9 Å². The summed E-state index contributed by atoms with van der Waals surface area (Å²) in [5, 5.41) is 9.45. The zero-order valence-corrected chi connectivity index (χ0v) is 17.1. The number of aromatic nitrogens is 3. The van der Waals surface area contributed by atoms with Crippen LogP contribution in [0.4, 0.5) is 0 Å². The number of amides is 1. The molecule has 0 saturated heterocycles. The zero-order chi connectivity index (χ0) is 19.4. The molecule has 0 aliphatic rings. The molecule has 0 atom stereocenters. The number of hydrogen-bond acceptors (Lipinski definition) is 4. The van der Waals surface area contributed by atoms with Crippen LogP contribution >= 0.6 is 23.4 Å². The molecule has 0 fully saturated rings. The summed E-state index contributed by atoms with van der Waals surface area (Å²) in [6, 6.07) is 14.0. The van der Waals surface area contributed by atoms with Crippen molar-refractivity contribution in [3.8, 4) is 5.69 Å². The van der Waals surface area contributed by atoms with Gasteiger partial charge >= 0.3 is 0 Å². The van der Waals surface area contributed by atoms with E-state index in [1.807, 2.05) is 55.8 Å². The summed E-state index contributed by atoms with van der Waals surface area (Å²) >= 11 is 7.58. The Hall–Kier alpha value is -2.31. The van der Waals surface area contributed by atoms with Gasteiger partial charge in [0.2, 0.25) is 5.91 Å². The number of rotatable bonds is 6. The van der Waals surface area contributed by atoms with E-state index in [9.17, 15) is 4.79 Å². The number of carbonyl (C=O) groups excluding carboxylic acids is 1. The highest BCUT2D eigenvalue weighted by molar-refractivity contribution is 7.99. The normalized spacial score (nSPS) is 10.8. The van der Waals surface area contributed by atoms with E-state index in [0.29, 0.717) is 22.5 Å². The maximum absolute atomic E-state index is 12.5. The van der Waals surface area contributed by atoms with Crippen LogP contribution in [0.2, 0.25) is 5.02 Å². The lowest BCUT2D eigenvalue weighted by Crippen LogP contribution is -2.27. The molecule has 0 aliphatic carbocycles. The van der Waals surface area contributed by atoms with Crippen molar-refractivity contribution in [2.75, 3.05) is 12.8 Å². The molecule has 5 nitrogen and oxygen atoms in total. The summed E-state index contributed by atoms with van der Waals surface area (Å²) in [6.07, 6.45) is 1.63. The Kier molecular flexibility index (Phi) is 6.19. The van der Waals surface area contributed by atoms with Crippen molar-refractivity contribution in [3.05, 3.63) is 70.5 Å². The largest absolute Gasteiger partial charge is 0.341 e. The number of halogens is 1. The maximum atomic E-state index is 12.5. The highest BCUT2D eigenvalue weighted by Gasteiger charge is 2.14. The smallest absolute Gasteiger partial charge is 0.233 e. The molecule has 2 aromatic carbocycles. The molecule has 3 aromatic rings. The van der Waals surface area contributed by atoms with E-state index in [4.69, 9.17) is 11.6 Å². The lowest BCUT2D eigenvalue weighted by Gasteiger charge is -2.17. The van der Waals surface area contributed by atoms with Gasteiger partial charge in [0.25, 0.3) is 0 Å². The third-order valence-electron chi connectivity index (χ3n) is 4.24. The standard InChI is InChI=1S/C20H21ClN4OS/c1-14-4-7-16(8-5-14)11-24(3)19(26)12-27-20-23-22-13-25(20)17-9-6-15(2)18(21)10-17/h4-10,13H,11-12H2,1-3H3. The van der Waals surface area contributed by atoms with Gasteiger partial charge in [-0.15, -0.1) is 10.2 Å². The summed E-state index contributed by atoms with van der Waals surface area (Å²) in [7, 11) is 1.81. The Bertz CT molecular complexity index is 939. The fraction of sp³-hybridized carbons (Fsp3) is 0.250. The monoisotopic (exact) mass is 400 g/mol. The summed E-state index contributed by atoms with van der Waals surface area (Å²) < 4.78 is 1.84. The van der Waals surface area contributed by atoms with Crippen LogP contribution in [-0.4, -0.2) is 38.4 Å². The number of hydrogen-bond donors (Lipinski definition) is 0. The number of aryl methyl sites for hydroxylation is 2. The predicted octanol–water partition coefficient (Wildman–Crippen LogP) is 4.29. The fourth-order valence-electron chi connectivity index (χ4n) is 2.52. The maximum Gasteiger partial charge on any atom is 0.233 e. The minimum Gasteiger partial charge on any atom is -0.341 e. The molecular weight excluding hydrogens is 380 g/mol. The SMILES string of the molecule is Cc1ccc(CN(C)C(=O)CSc2nncn2-c2ccc(C)c(Cl)c2)cc1. The van der Waals surface area contributed by atoms with Crippen molar-refractivity contribution in [1.82, 2.24) is 19.7 Å². The average molecular weight is 401 g/mol. The van der Waals surface area contributed by atoms with Gasteiger partial charge in [-0.1, -0.05) is 59.3 Å². The minimum absolute atomic E-state index is 0.0389. The molecule has 3 rings (SSSR count). The highest BCUT2D eigenvalue weighted by Crippen LogP contribution is 2.24. The second-order valence-electron chi connectivity index (χ2n) is 6.44. The molecule has 0 bridgehead atoms. The van der Waals surface area contributed by atoms with Crippen molar-refractivity contribution < 1.29 is 4.79 Å². The van der Waals surface area contributed by atoms with Gasteiger partial charge in [-0.2, -0.15) is 0 Å². The molecule has 1 heterocycles. The minimum atomic E-state index is 0.0389. The summed E-state index contributed by atoms with van der Waals surface area (Å²) in [5.41, 5.74) is 4.20. The van der Waals surface area contributed by atoms with Gasteiger partial charge < -0.3 is 4.90 Å². The third kappa shape index (κ3) is 4.90. The van der Waals surface area contributed by atoms with Crippen molar-refractivity contribution in [1.29, 1.82) is 0 Å². The lowest BCUT2D eigenvalue weighted by molar-refractivity contribution is -0.127. The summed E-state index contributed by atoms with van der Waals surface area (Å²) in [4.78, 5) is 14.2. The lowest BCUT2D eigenvalue weighted by atomic mass is 10.1. The van der Waals surface area contributed by atoms with Crippen LogP contribution in [0, 0.1) is 13.8 Å². The van der Waals surface area contributed by atoms with Crippen LogP contribution in [0.25, 0.3) is 5.69 Å². The molecule has 140 valence electrons. The topological polar surface area (TPSA) is 51.0 Å². The van der Waals surface area contributed by atoms with Gasteiger partial charge in [0.1, 0.15) is 6.33 Å². The Morgan fingerprint density at radius 1 is 1.19 bits per heavy atom. The first-order valence-corrected chi connectivity index (χ1v) is 9.89. The van der Waals surface area contributed by atoms with E-state index in [1.54, 1.807) is 11.2 Å². The van der Waals surface area contributed by atoms with Crippen LogP contribution in [0.1, 0.15) is 16.7 Å². The van der Waals surface area contributed by atoms with Crippen molar-refractivity contribution in [2.45, 2.75) is 25.5 Å². The van der Waals surface area contributed by atoms with Gasteiger partial charge in [0, 0.05) is 18.6 Å². The molecule has 1 aromatic heterocycles. The highest BCUT2D eigenvalue weighted by atomic mass is 35.5. The predicted molar refractivity (Wildman–Crippen MR) is 109 cm³/mol. The van der Waals surface area contributed by atoms with E-state index in [2.05, 4.69) is 22.3 Å². The molecule has 0 radical (unpaired) electrons. The zero-order valence-electron chi connectivity index (χ0n) is 15.5. The van der Waals surface area contributed by atoms with E-state index in [0.717, 1.165) is 16.8 Å². The fourth-order valence-corrected chi connectivity index (χ4v) is 3.57.